The first kappa shape index (κ1) is 29.1. The lowest BCUT2D eigenvalue weighted by Crippen LogP contribution is -2.61. The zero-order chi connectivity index (χ0) is 34.6. The number of para-hydroxylation sites is 4. The average Bonchev–Trinajstić information content (AvgIpc) is 3.80. The van der Waals surface area contributed by atoms with Crippen molar-refractivity contribution in [3.8, 4) is 22.3 Å². The van der Waals surface area contributed by atoms with Crippen molar-refractivity contribution in [3.05, 3.63) is 176 Å². The van der Waals surface area contributed by atoms with E-state index < -0.39 is 0 Å². The molecule has 0 N–H and O–H groups in total. The number of hydrogen-bond acceptors (Lipinski definition) is 4. The quantitative estimate of drug-likeness (QED) is 0.172. The van der Waals surface area contributed by atoms with Gasteiger partial charge >= 0.3 is 6.85 Å². The largest absolute Gasteiger partial charge is 0.454 e. The highest BCUT2D eigenvalue weighted by Crippen LogP contribution is 2.52. The van der Waals surface area contributed by atoms with Crippen molar-refractivity contribution in [3.63, 3.8) is 0 Å². The van der Waals surface area contributed by atoms with E-state index in [9.17, 15) is 0 Å². The molecule has 8 aromatic carbocycles. The summed E-state index contributed by atoms with van der Waals surface area (Å²) >= 11 is 1.89. The van der Waals surface area contributed by atoms with Gasteiger partial charge in [0.25, 0.3) is 0 Å². The van der Waals surface area contributed by atoms with Gasteiger partial charge in [-0.15, -0.1) is 11.3 Å². The summed E-state index contributed by atoms with van der Waals surface area (Å²) in [7, 11) is 0. The molecule has 53 heavy (non-hydrogen) atoms. The minimum atomic E-state index is -0.0874. The molecule has 3 nitrogen and oxygen atoms in total. The van der Waals surface area contributed by atoms with Gasteiger partial charge in [-0.05, 0) is 64.5 Å². The molecule has 0 saturated carbocycles. The number of nitrogens with zero attached hydrogens (tertiary/aromatic N) is 2. The van der Waals surface area contributed by atoms with Gasteiger partial charge < -0.3 is 14.1 Å². The minimum absolute atomic E-state index is 0.0874. The Morgan fingerprint density at radius 3 is 2.06 bits per heavy atom. The molecule has 0 atom stereocenters. The molecule has 0 fully saturated rings. The fraction of sp³-hybridized carbons (Fsp3) is 0. The summed E-state index contributed by atoms with van der Waals surface area (Å²) in [4.78, 5) is 5.07. The molecule has 2 aliphatic heterocycles. The zero-order valence-electron chi connectivity index (χ0n) is 28.5. The van der Waals surface area contributed by atoms with E-state index in [0.29, 0.717) is 0 Å². The van der Waals surface area contributed by atoms with Crippen LogP contribution in [0.15, 0.2) is 180 Å². The number of rotatable bonds is 3. The van der Waals surface area contributed by atoms with Crippen molar-refractivity contribution < 1.29 is 4.42 Å². The lowest BCUT2D eigenvalue weighted by molar-refractivity contribution is 0.669. The number of fused-ring (bicyclic) bond motifs is 10. The lowest BCUT2D eigenvalue weighted by atomic mass is 9.43. The fourth-order valence-corrected chi connectivity index (χ4v) is 10.4. The Morgan fingerprint density at radius 1 is 0.453 bits per heavy atom. The van der Waals surface area contributed by atoms with E-state index >= 15 is 0 Å². The number of hydrogen-bond donors (Lipinski definition) is 0. The molecule has 0 unspecified atom stereocenters. The first-order valence-electron chi connectivity index (χ1n) is 18.1. The van der Waals surface area contributed by atoms with Crippen molar-refractivity contribution >= 4 is 99.7 Å². The number of furan rings is 1. The molecule has 2 aromatic heterocycles. The molecular weight excluding hydrogens is 663 g/mol. The Morgan fingerprint density at radius 2 is 1.13 bits per heavy atom. The van der Waals surface area contributed by atoms with Gasteiger partial charge in [0, 0.05) is 59.1 Å². The van der Waals surface area contributed by atoms with Crippen LogP contribution in [0.2, 0.25) is 0 Å². The Balaban J connectivity index is 1.18. The van der Waals surface area contributed by atoms with Crippen LogP contribution in [0.1, 0.15) is 0 Å². The van der Waals surface area contributed by atoms with E-state index in [0.717, 1.165) is 27.6 Å². The third kappa shape index (κ3) is 4.00. The van der Waals surface area contributed by atoms with Gasteiger partial charge in [0.15, 0.2) is 5.58 Å². The Kier molecular flexibility index (Phi) is 6.02. The van der Waals surface area contributed by atoms with Crippen molar-refractivity contribution in [1.29, 1.82) is 0 Å². The van der Waals surface area contributed by atoms with E-state index in [-0.39, 0.29) is 6.85 Å². The molecule has 10 aromatic rings. The molecule has 2 aliphatic rings. The molecule has 12 rings (SSSR count). The minimum Gasteiger partial charge on any atom is -0.454 e. The molecule has 0 radical (unpaired) electrons. The molecular formula is C48H29BN2OS. The van der Waals surface area contributed by atoms with Gasteiger partial charge in [-0.25, -0.2) is 0 Å². The molecule has 0 amide bonds. The maximum Gasteiger partial charge on any atom is 0.333 e. The zero-order valence-corrected chi connectivity index (χ0v) is 29.3. The Hall–Kier alpha value is -6.56. The van der Waals surface area contributed by atoms with Gasteiger partial charge in [-0.2, -0.15) is 0 Å². The molecule has 246 valence electrons. The fourth-order valence-electron chi connectivity index (χ4n) is 9.10. The normalized spacial score (nSPS) is 13.2. The maximum atomic E-state index is 6.74. The molecule has 4 heterocycles. The summed E-state index contributed by atoms with van der Waals surface area (Å²) in [6.45, 7) is -0.0874. The van der Waals surface area contributed by atoms with Crippen LogP contribution in [-0.2, 0) is 0 Å². The lowest BCUT2D eigenvalue weighted by Gasteiger charge is -2.45. The van der Waals surface area contributed by atoms with Crippen LogP contribution in [-0.4, -0.2) is 6.85 Å². The van der Waals surface area contributed by atoms with Crippen LogP contribution in [0.3, 0.4) is 0 Å². The monoisotopic (exact) mass is 692 g/mol. The van der Waals surface area contributed by atoms with Gasteiger partial charge in [0.2, 0.25) is 0 Å². The third-order valence-corrected chi connectivity index (χ3v) is 12.5. The summed E-state index contributed by atoms with van der Waals surface area (Å²) < 4.78 is 9.35. The van der Waals surface area contributed by atoms with Crippen LogP contribution < -0.4 is 20.6 Å². The van der Waals surface area contributed by atoms with Crippen LogP contribution in [0.25, 0.3) is 64.4 Å². The average molecular weight is 693 g/mol. The Bertz CT molecular complexity index is 3110. The second kappa shape index (κ2) is 11.0. The topological polar surface area (TPSA) is 19.6 Å². The third-order valence-electron chi connectivity index (χ3n) is 11.3. The van der Waals surface area contributed by atoms with Crippen LogP contribution in [0, 0.1) is 0 Å². The van der Waals surface area contributed by atoms with Crippen molar-refractivity contribution in [1.82, 2.24) is 0 Å². The Labute approximate surface area is 310 Å². The van der Waals surface area contributed by atoms with Crippen LogP contribution >= 0.6 is 11.3 Å². The summed E-state index contributed by atoms with van der Waals surface area (Å²) in [6, 6.07) is 64.1. The molecule has 0 aliphatic carbocycles. The molecule has 5 heteroatoms. The number of anilines is 5. The van der Waals surface area contributed by atoms with E-state index in [1.54, 1.807) is 0 Å². The summed E-state index contributed by atoms with van der Waals surface area (Å²) in [5, 5.41) is 4.87. The van der Waals surface area contributed by atoms with E-state index in [4.69, 9.17) is 4.42 Å². The van der Waals surface area contributed by atoms with Crippen LogP contribution in [0.5, 0.6) is 0 Å². The summed E-state index contributed by atoms with van der Waals surface area (Å²) in [5.74, 6) is 0. The van der Waals surface area contributed by atoms with Gasteiger partial charge in [0.05, 0.1) is 11.4 Å². The molecule has 0 saturated heterocycles. The highest BCUT2D eigenvalue weighted by atomic mass is 32.1. The standard InChI is InChI=1S/C48H29BN2OS/c1-2-14-30(15-3-1)45-40(29-28-36-33-18-6-11-27-44(33)53-48(36)45)50-39-23-9-7-21-37(39)49-46-34(19-12-24-41(46)50)31-16-4-8-22-38(31)51(49)42-25-13-20-35-32-17-5-10-26-43(32)52-47(35)42/h1-29H. The predicted octanol–water partition coefficient (Wildman–Crippen LogP) is 12.3. The van der Waals surface area contributed by atoms with E-state index in [1.807, 2.05) is 11.3 Å². The number of benzene rings is 8. The smallest absolute Gasteiger partial charge is 0.333 e. The first-order chi connectivity index (χ1) is 26.3. The predicted molar refractivity (Wildman–Crippen MR) is 226 cm³/mol. The van der Waals surface area contributed by atoms with Crippen molar-refractivity contribution in [2.75, 3.05) is 9.71 Å². The summed E-state index contributed by atoms with van der Waals surface area (Å²) in [6.07, 6.45) is 0. The van der Waals surface area contributed by atoms with E-state index in [2.05, 4.69) is 186 Å². The highest BCUT2D eigenvalue weighted by molar-refractivity contribution is 7.26. The molecule has 0 bridgehead atoms. The van der Waals surface area contributed by atoms with Gasteiger partial charge in [-0.3, -0.25) is 0 Å². The second-order valence-corrected chi connectivity index (χ2v) is 15.0. The number of thiophene rings is 1. The van der Waals surface area contributed by atoms with E-state index in [1.165, 1.54) is 76.1 Å². The molecule has 0 spiro atoms. The van der Waals surface area contributed by atoms with Gasteiger partial charge in [0.1, 0.15) is 5.58 Å². The first-order valence-corrected chi connectivity index (χ1v) is 19.0. The van der Waals surface area contributed by atoms with Crippen LogP contribution in [0.4, 0.5) is 28.4 Å². The summed E-state index contributed by atoms with van der Waals surface area (Å²) in [5.41, 5.74) is 15.1. The maximum absolute atomic E-state index is 6.74. The van der Waals surface area contributed by atoms with Gasteiger partial charge in [-0.1, -0.05) is 133 Å². The van der Waals surface area contributed by atoms with Crippen molar-refractivity contribution in [2.24, 2.45) is 0 Å². The SMILES string of the molecule is c1ccc(-c2c(N3c4ccccc4B4c5c(cccc53)-c3ccccc3N4c3cccc4c3oc3ccccc34)ccc3c2sc2ccccc23)cc1. The highest BCUT2D eigenvalue weighted by Gasteiger charge is 2.45. The second-order valence-electron chi connectivity index (χ2n) is 14.0. The van der Waals surface area contributed by atoms with Crippen molar-refractivity contribution in [2.45, 2.75) is 0 Å².